The first-order valence-electron chi connectivity index (χ1n) is 9.62. The molecule has 1 N–H and O–H groups in total. The lowest BCUT2D eigenvalue weighted by molar-refractivity contribution is -0.137. The number of hydrogen-bond acceptors (Lipinski definition) is 3. The minimum absolute atomic E-state index is 0.0899. The zero-order valence-corrected chi connectivity index (χ0v) is 16.9. The summed E-state index contributed by atoms with van der Waals surface area (Å²) in [5.74, 6) is 1.19. The zero-order chi connectivity index (χ0) is 22.7. The molecule has 0 bridgehead atoms. The van der Waals surface area contributed by atoms with Crippen LogP contribution in [0.3, 0.4) is 0 Å². The van der Waals surface area contributed by atoms with Crippen molar-refractivity contribution in [1.29, 1.82) is 0 Å². The SMILES string of the molecule is COc1cc(-c2cnc(-c3ccc(F)cc3)[nH]2)ccc1OCc1ccc(C(F)(F)F)cc1. The molecular formula is C24H18F4N2O2. The second-order valence-electron chi connectivity index (χ2n) is 7.00. The predicted octanol–water partition coefficient (Wildman–Crippen LogP) is 6.49. The Morgan fingerprint density at radius 3 is 2.22 bits per heavy atom. The Hall–Kier alpha value is -3.81. The fourth-order valence-corrected chi connectivity index (χ4v) is 3.13. The Morgan fingerprint density at radius 1 is 0.875 bits per heavy atom. The molecule has 0 aliphatic heterocycles. The molecule has 4 nitrogen and oxygen atoms in total. The Balaban J connectivity index is 1.49. The number of halogens is 4. The van der Waals surface area contributed by atoms with E-state index in [1.165, 1.54) is 31.4 Å². The first kappa shape index (κ1) is 21.4. The summed E-state index contributed by atoms with van der Waals surface area (Å²) in [4.78, 5) is 7.53. The summed E-state index contributed by atoms with van der Waals surface area (Å²) in [5, 5.41) is 0. The Kier molecular flexibility index (Phi) is 5.85. The summed E-state index contributed by atoms with van der Waals surface area (Å²) in [5.41, 5.74) is 2.17. The van der Waals surface area contributed by atoms with E-state index >= 15 is 0 Å². The van der Waals surface area contributed by atoms with Crippen LogP contribution in [0, 0.1) is 5.82 Å². The average Bonchev–Trinajstić information content (AvgIpc) is 3.28. The monoisotopic (exact) mass is 442 g/mol. The van der Waals surface area contributed by atoms with Crippen LogP contribution >= 0.6 is 0 Å². The van der Waals surface area contributed by atoms with Crippen molar-refractivity contribution in [1.82, 2.24) is 9.97 Å². The third-order valence-corrected chi connectivity index (χ3v) is 4.84. The average molecular weight is 442 g/mol. The highest BCUT2D eigenvalue weighted by Crippen LogP contribution is 2.34. The minimum Gasteiger partial charge on any atom is -0.493 e. The number of methoxy groups -OCH3 is 1. The van der Waals surface area contributed by atoms with Crippen molar-refractivity contribution in [3.63, 3.8) is 0 Å². The maximum atomic E-state index is 13.1. The topological polar surface area (TPSA) is 47.1 Å². The second-order valence-corrected chi connectivity index (χ2v) is 7.00. The maximum absolute atomic E-state index is 13.1. The Labute approximate surface area is 181 Å². The van der Waals surface area contributed by atoms with Gasteiger partial charge in [-0.3, -0.25) is 0 Å². The summed E-state index contributed by atoms with van der Waals surface area (Å²) in [6, 6.07) is 16.1. The Morgan fingerprint density at radius 2 is 1.56 bits per heavy atom. The standard InChI is InChI=1S/C24H18F4N2O2/c1-31-22-12-17(20-13-29-23(30-20)16-4-9-19(25)10-5-16)6-11-21(22)32-14-15-2-7-18(8-3-15)24(26,27)28/h2-13H,14H2,1H3,(H,29,30). The molecule has 0 atom stereocenters. The molecule has 0 radical (unpaired) electrons. The summed E-state index contributed by atoms with van der Waals surface area (Å²) in [7, 11) is 1.50. The number of aromatic nitrogens is 2. The molecule has 1 aromatic heterocycles. The molecule has 4 rings (SSSR count). The van der Waals surface area contributed by atoms with Crippen molar-refractivity contribution in [3.05, 3.63) is 89.9 Å². The molecule has 0 aliphatic carbocycles. The summed E-state index contributed by atoms with van der Waals surface area (Å²) in [6.07, 6.45) is -2.71. The van der Waals surface area contributed by atoms with Gasteiger partial charge < -0.3 is 14.5 Å². The van der Waals surface area contributed by atoms with Gasteiger partial charge in [-0.1, -0.05) is 12.1 Å². The number of imidazole rings is 1. The largest absolute Gasteiger partial charge is 0.493 e. The quantitative estimate of drug-likeness (QED) is 0.347. The number of nitrogens with one attached hydrogen (secondary N) is 1. The van der Waals surface area contributed by atoms with Gasteiger partial charge >= 0.3 is 6.18 Å². The van der Waals surface area contributed by atoms with Crippen LogP contribution in [0.25, 0.3) is 22.6 Å². The number of aromatic amines is 1. The third kappa shape index (κ3) is 4.74. The second kappa shape index (κ2) is 8.74. The lowest BCUT2D eigenvalue weighted by Gasteiger charge is -2.12. The normalized spacial score (nSPS) is 11.4. The fourth-order valence-electron chi connectivity index (χ4n) is 3.13. The zero-order valence-electron chi connectivity index (χ0n) is 16.9. The molecule has 32 heavy (non-hydrogen) atoms. The van der Waals surface area contributed by atoms with Crippen LogP contribution in [-0.2, 0) is 12.8 Å². The predicted molar refractivity (Wildman–Crippen MR) is 112 cm³/mol. The summed E-state index contributed by atoms with van der Waals surface area (Å²) in [6.45, 7) is 0.0899. The van der Waals surface area contributed by atoms with Crippen molar-refractivity contribution in [3.8, 4) is 34.1 Å². The molecule has 0 saturated carbocycles. The van der Waals surface area contributed by atoms with Crippen LogP contribution in [-0.4, -0.2) is 17.1 Å². The molecule has 0 saturated heterocycles. The van der Waals surface area contributed by atoms with Crippen LogP contribution in [0.15, 0.2) is 72.9 Å². The molecule has 0 aliphatic rings. The van der Waals surface area contributed by atoms with Gasteiger partial charge in [0.15, 0.2) is 11.5 Å². The molecule has 164 valence electrons. The lowest BCUT2D eigenvalue weighted by Crippen LogP contribution is -2.05. The van der Waals surface area contributed by atoms with Crippen molar-refractivity contribution < 1.29 is 27.0 Å². The first-order valence-corrected chi connectivity index (χ1v) is 9.62. The molecule has 0 amide bonds. The van der Waals surface area contributed by atoms with Crippen molar-refractivity contribution in [2.45, 2.75) is 12.8 Å². The highest BCUT2D eigenvalue weighted by Gasteiger charge is 2.29. The van der Waals surface area contributed by atoms with Crippen LogP contribution in [0.5, 0.6) is 11.5 Å². The molecular weight excluding hydrogens is 424 g/mol. The summed E-state index contributed by atoms with van der Waals surface area (Å²) >= 11 is 0. The lowest BCUT2D eigenvalue weighted by atomic mass is 10.1. The molecule has 1 heterocycles. The van der Waals surface area contributed by atoms with Gasteiger partial charge in [-0.15, -0.1) is 0 Å². The van der Waals surface area contributed by atoms with Gasteiger partial charge in [-0.25, -0.2) is 9.37 Å². The van der Waals surface area contributed by atoms with E-state index in [1.807, 2.05) is 6.07 Å². The van der Waals surface area contributed by atoms with E-state index in [1.54, 1.807) is 30.5 Å². The molecule has 0 spiro atoms. The highest BCUT2D eigenvalue weighted by atomic mass is 19.4. The van der Waals surface area contributed by atoms with Gasteiger partial charge in [0.1, 0.15) is 18.2 Å². The number of nitrogens with zero attached hydrogens (tertiary/aromatic N) is 1. The van der Waals surface area contributed by atoms with E-state index in [4.69, 9.17) is 9.47 Å². The number of benzene rings is 3. The number of hydrogen-bond donors (Lipinski definition) is 1. The van der Waals surface area contributed by atoms with Crippen LogP contribution in [0.2, 0.25) is 0 Å². The van der Waals surface area contributed by atoms with Gasteiger partial charge in [-0.05, 0) is 60.2 Å². The van der Waals surface area contributed by atoms with Crippen LogP contribution in [0.1, 0.15) is 11.1 Å². The number of alkyl halides is 3. The van der Waals surface area contributed by atoms with Crippen molar-refractivity contribution in [2.24, 2.45) is 0 Å². The molecule has 0 unspecified atom stereocenters. The van der Waals surface area contributed by atoms with Gasteiger partial charge in [0.25, 0.3) is 0 Å². The third-order valence-electron chi connectivity index (χ3n) is 4.84. The number of rotatable bonds is 6. The summed E-state index contributed by atoms with van der Waals surface area (Å²) < 4.78 is 62.4. The van der Waals surface area contributed by atoms with E-state index in [0.717, 1.165) is 29.0 Å². The van der Waals surface area contributed by atoms with E-state index in [2.05, 4.69) is 9.97 Å². The minimum atomic E-state index is -4.37. The van der Waals surface area contributed by atoms with E-state index in [-0.39, 0.29) is 12.4 Å². The van der Waals surface area contributed by atoms with E-state index in [9.17, 15) is 17.6 Å². The van der Waals surface area contributed by atoms with Crippen molar-refractivity contribution >= 4 is 0 Å². The molecule has 3 aromatic carbocycles. The van der Waals surface area contributed by atoms with Crippen molar-refractivity contribution in [2.75, 3.05) is 7.11 Å². The van der Waals surface area contributed by atoms with Crippen LogP contribution < -0.4 is 9.47 Å². The maximum Gasteiger partial charge on any atom is 0.416 e. The molecule has 0 fully saturated rings. The van der Waals surface area contributed by atoms with Gasteiger partial charge in [-0.2, -0.15) is 13.2 Å². The van der Waals surface area contributed by atoms with Gasteiger partial charge in [0.2, 0.25) is 0 Å². The highest BCUT2D eigenvalue weighted by molar-refractivity contribution is 5.67. The first-order chi connectivity index (χ1) is 15.3. The molecule has 4 aromatic rings. The van der Waals surface area contributed by atoms with E-state index in [0.29, 0.717) is 22.9 Å². The number of H-pyrrole nitrogens is 1. The molecule has 8 heteroatoms. The number of ether oxygens (including phenoxy) is 2. The Bertz CT molecular complexity index is 1200. The van der Waals surface area contributed by atoms with Gasteiger partial charge in [0, 0.05) is 11.1 Å². The van der Waals surface area contributed by atoms with Gasteiger partial charge in [0.05, 0.1) is 24.6 Å². The fraction of sp³-hybridized carbons (Fsp3) is 0.125. The smallest absolute Gasteiger partial charge is 0.416 e. The van der Waals surface area contributed by atoms with Crippen LogP contribution in [0.4, 0.5) is 17.6 Å². The van der Waals surface area contributed by atoms with E-state index < -0.39 is 11.7 Å².